The van der Waals surface area contributed by atoms with Gasteiger partial charge in [0, 0.05) is 11.1 Å². The van der Waals surface area contributed by atoms with Crippen LogP contribution in [-0.4, -0.2) is 42.3 Å². The minimum atomic E-state index is -0.470. The summed E-state index contributed by atoms with van der Waals surface area (Å²) in [4.78, 5) is 13.4. The quantitative estimate of drug-likeness (QED) is 0.809. The lowest BCUT2D eigenvalue weighted by Gasteiger charge is -2.33. The Morgan fingerprint density at radius 1 is 1.56 bits per heavy atom. The number of esters is 1. The zero-order valence-electron chi connectivity index (χ0n) is 11.6. The summed E-state index contributed by atoms with van der Waals surface area (Å²) in [5.41, 5.74) is 0.415. The third kappa shape index (κ3) is 3.11. The number of aryl methyl sites for hydroxylation is 1. The van der Waals surface area contributed by atoms with Crippen molar-refractivity contribution in [3.05, 3.63) is 23.2 Å². The number of furan rings is 1. The number of likely N-dealkylation sites (N-methyl/N-ethyl adjacent to an activating group) is 1. The summed E-state index contributed by atoms with van der Waals surface area (Å²) in [6.07, 6.45) is 0. The fourth-order valence-corrected chi connectivity index (χ4v) is 1.49. The van der Waals surface area contributed by atoms with E-state index in [4.69, 9.17) is 4.42 Å². The normalized spacial score (nSPS) is 11.9. The Morgan fingerprint density at radius 3 is 2.67 bits per heavy atom. The van der Waals surface area contributed by atoms with Crippen LogP contribution in [0.2, 0.25) is 0 Å². The highest BCUT2D eigenvalue weighted by molar-refractivity contribution is 5.87. The highest BCUT2D eigenvalue weighted by Crippen LogP contribution is 2.20. The first-order valence-corrected chi connectivity index (χ1v) is 5.81. The molecule has 0 saturated heterocycles. The molecule has 0 amide bonds. The van der Waals surface area contributed by atoms with E-state index < -0.39 is 5.97 Å². The summed E-state index contributed by atoms with van der Waals surface area (Å²) >= 11 is 0. The number of hydrogen-bond donors (Lipinski definition) is 1. The van der Waals surface area contributed by atoms with Gasteiger partial charge in [0.25, 0.3) is 0 Å². The molecular weight excluding hydrogens is 234 g/mol. The van der Waals surface area contributed by atoms with Crippen molar-refractivity contribution in [3.63, 3.8) is 0 Å². The summed E-state index contributed by atoms with van der Waals surface area (Å²) in [7, 11) is 3.22. The molecule has 0 spiro atoms. The van der Waals surface area contributed by atoms with E-state index in [0.29, 0.717) is 12.3 Å². The molecule has 102 valence electrons. The van der Waals surface area contributed by atoms with Crippen LogP contribution in [0, 0.1) is 6.92 Å². The van der Waals surface area contributed by atoms with Crippen molar-refractivity contribution in [2.24, 2.45) is 0 Å². The molecule has 0 aromatic carbocycles. The van der Waals surface area contributed by atoms with Gasteiger partial charge in [-0.25, -0.2) is 4.79 Å². The first-order chi connectivity index (χ1) is 8.31. The average Bonchev–Trinajstić information content (AvgIpc) is 2.69. The number of hydrogen-bond acceptors (Lipinski definition) is 5. The van der Waals surface area contributed by atoms with Crippen LogP contribution in [0.15, 0.2) is 10.5 Å². The van der Waals surface area contributed by atoms with Crippen molar-refractivity contribution in [2.45, 2.75) is 32.9 Å². The molecule has 0 aliphatic heterocycles. The molecular formula is C13H21NO4. The predicted octanol–water partition coefficient (Wildman–Crippen LogP) is 1.58. The Labute approximate surface area is 107 Å². The van der Waals surface area contributed by atoms with Crippen LogP contribution in [0.25, 0.3) is 0 Å². The van der Waals surface area contributed by atoms with Crippen LogP contribution in [0.1, 0.15) is 35.7 Å². The van der Waals surface area contributed by atoms with Crippen LogP contribution in [0.4, 0.5) is 0 Å². The van der Waals surface area contributed by atoms with Gasteiger partial charge in [0.05, 0.1) is 20.3 Å². The van der Waals surface area contributed by atoms with Crippen molar-refractivity contribution in [1.82, 2.24) is 4.90 Å². The van der Waals surface area contributed by atoms with Crippen molar-refractivity contribution in [2.75, 3.05) is 20.8 Å². The number of nitrogens with zero attached hydrogens (tertiary/aromatic N) is 1. The van der Waals surface area contributed by atoms with Crippen LogP contribution in [-0.2, 0) is 11.3 Å². The van der Waals surface area contributed by atoms with Gasteiger partial charge in [-0.2, -0.15) is 0 Å². The molecule has 1 heterocycles. The molecule has 0 bridgehead atoms. The molecule has 0 unspecified atom stereocenters. The van der Waals surface area contributed by atoms with Crippen molar-refractivity contribution in [3.8, 4) is 0 Å². The van der Waals surface area contributed by atoms with E-state index in [-0.39, 0.29) is 17.9 Å². The van der Waals surface area contributed by atoms with Crippen molar-refractivity contribution in [1.29, 1.82) is 0 Å². The molecule has 0 aliphatic carbocycles. The highest BCUT2D eigenvalue weighted by atomic mass is 16.5. The monoisotopic (exact) mass is 255 g/mol. The molecule has 0 fully saturated rings. The predicted molar refractivity (Wildman–Crippen MR) is 67.4 cm³/mol. The smallest absolute Gasteiger partial charge is 0.374 e. The number of methoxy groups -OCH3 is 1. The summed E-state index contributed by atoms with van der Waals surface area (Å²) < 4.78 is 10.1. The summed E-state index contributed by atoms with van der Waals surface area (Å²) in [5, 5.41) is 9.28. The zero-order valence-corrected chi connectivity index (χ0v) is 11.6. The second-order valence-corrected chi connectivity index (χ2v) is 5.04. The first-order valence-electron chi connectivity index (χ1n) is 5.81. The zero-order chi connectivity index (χ0) is 13.9. The minimum Gasteiger partial charge on any atom is -0.463 e. The third-order valence-corrected chi connectivity index (χ3v) is 3.15. The molecule has 18 heavy (non-hydrogen) atoms. The average molecular weight is 255 g/mol. The van der Waals surface area contributed by atoms with E-state index in [2.05, 4.69) is 4.74 Å². The Hall–Kier alpha value is -1.33. The maximum Gasteiger partial charge on any atom is 0.374 e. The number of carbonyl (C=O) groups is 1. The molecule has 1 aromatic rings. The van der Waals surface area contributed by atoms with E-state index in [1.54, 1.807) is 6.92 Å². The van der Waals surface area contributed by atoms with E-state index >= 15 is 0 Å². The molecule has 1 aromatic heterocycles. The lowest BCUT2D eigenvalue weighted by molar-refractivity contribution is 0.0543. The topological polar surface area (TPSA) is 62.9 Å². The van der Waals surface area contributed by atoms with Gasteiger partial charge in [-0.05, 0) is 33.9 Å². The van der Waals surface area contributed by atoms with Gasteiger partial charge in [-0.1, -0.05) is 0 Å². The SMILES string of the molecule is COC(=O)c1oc(CN(C)C(C)(C)CO)cc1C. The number of aliphatic hydroxyl groups excluding tert-OH is 1. The summed E-state index contributed by atoms with van der Waals surface area (Å²) in [6.45, 7) is 6.24. The molecule has 0 aliphatic rings. The van der Waals surface area contributed by atoms with Gasteiger partial charge in [0.15, 0.2) is 0 Å². The van der Waals surface area contributed by atoms with Crippen molar-refractivity contribution >= 4 is 5.97 Å². The Morgan fingerprint density at radius 2 is 2.17 bits per heavy atom. The van der Waals surface area contributed by atoms with Gasteiger partial charge in [-0.15, -0.1) is 0 Å². The van der Waals surface area contributed by atoms with Gasteiger partial charge in [0.1, 0.15) is 5.76 Å². The molecule has 1 rings (SSSR count). The second-order valence-electron chi connectivity index (χ2n) is 5.04. The Bertz CT molecular complexity index is 423. The number of carbonyl (C=O) groups excluding carboxylic acids is 1. The number of ether oxygens (including phenoxy) is 1. The summed E-state index contributed by atoms with van der Waals surface area (Å²) in [6, 6.07) is 1.82. The molecule has 5 heteroatoms. The maximum absolute atomic E-state index is 11.4. The lowest BCUT2D eigenvalue weighted by atomic mass is 10.1. The molecule has 0 saturated carbocycles. The van der Waals surface area contributed by atoms with Gasteiger partial charge >= 0.3 is 5.97 Å². The minimum absolute atomic E-state index is 0.0487. The van der Waals surface area contributed by atoms with Gasteiger partial charge < -0.3 is 14.3 Å². The highest BCUT2D eigenvalue weighted by Gasteiger charge is 2.24. The van der Waals surface area contributed by atoms with Gasteiger partial charge in [-0.3, -0.25) is 4.90 Å². The molecule has 1 N–H and O–H groups in total. The molecule has 5 nitrogen and oxygen atoms in total. The molecule has 0 radical (unpaired) electrons. The van der Waals surface area contributed by atoms with E-state index in [1.807, 2.05) is 31.9 Å². The first kappa shape index (κ1) is 14.7. The fraction of sp³-hybridized carbons (Fsp3) is 0.615. The van der Waals surface area contributed by atoms with Gasteiger partial charge in [0.2, 0.25) is 5.76 Å². The number of rotatable bonds is 5. The number of aliphatic hydroxyl groups is 1. The van der Waals surface area contributed by atoms with Crippen LogP contribution < -0.4 is 0 Å². The van der Waals surface area contributed by atoms with E-state index in [1.165, 1.54) is 7.11 Å². The Balaban J connectivity index is 2.84. The summed E-state index contributed by atoms with van der Waals surface area (Å²) in [5.74, 6) is 0.447. The van der Waals surface area contributed by atoms with Crippen molar-refractivity contribution < 1.29 is 19.1 Å². The maximum atomic E-state index is 11.4. The third-order valence-electron chi connectivity index (χ3n) is 3.15. The standard InChI is InChI=1S/C13H21NO4/c1-9-6-10(18-11(9)12(16)17-5)7-14(4)13(2,3)8-15/h6,15H,7-8H2,1-5H3. The lowest BCUT2D eigenvalue weighted by Crippen LogP contribution is -2.43. The van der Waals surface area contributed by atoms with Crippen LogP contribution >= 0.6 is 0 Å². The largest absolute Gasteiger partial charge is 0.463 e. The fourth-order valence-electron chi connectivity index (χ4n) is 1.49. The van der Waals surface area contributed by atoms with E-state index in [0.717, 1.165) is 5.56 Å². The molecule has 0 atom stereocenters. The second kappa shape index (κ2) is 5.54. The van der Waals surface area contributed by atoms with Crippen LogP contribution in [0.5, 0.6) is 0 Å². The van der Waals surface area contributed by atoms with E-state index in [9.17, 15) is 9.90 Å². The Kier molecular flexibility index (Phi) is 4.53. The van der Waals surface area contributed by atoms with Crippen LogP contribution in [0.3, 0.4) is 0 Å².